The predicted molar refractivity (Wildman–Crippen MR) is 213 cm³/mol. The molecule has 4 heteroatoms. The third kappa shape index (κ3) is 8.27. The van der Waals surface area contributed by atoms with E-state index in [-0.39, 0.29) is 45.0 Å². The molecule has 0 atom stereocenters. The molecule has 0 heterocycles. The van der Waals surface area contributed by atoms with Gasteiger partial charge in [-0.1, -0.05) is 132 Å². The van der Waals surface area contributed by atoms with Crippen LogP contribution in [-0.2, 0) is 47.3 Å². The van der Waals surface area contributed by atoms with E-state index in [1.807, 2.05) is 0 Å². The van der Waals surface area contributed by atoms with Crippen LogP contribution in [0, 0.1) is 0 Å². The molecule has 8 bridgehead atoms. The van der Waals surface area contributed by atoms with Crippen LogP contribution < -0.4 is 4.74 Å². The molecule has 0 saturated carbocycles. The largest absolute Gasteiger partial charge is 0.507 e. The Morgan fingerprint density at radius 1 is 0.392 bits per heavy atom. The molecular weight excluding hydrogens is 629 g/mol. The summed E-state index contributed by atoms with van der Waals surface area (Å²) in [7, 11) is 0. The Morgan fingerprint density at radius 3 is 0.784 bits per heavy atom. The molecule has 4 aromatic carbocycles. The lowest BCUT2D eigenvalue weighted by molar-refractivity contribution is 0.238. The van der Waals surface area contributed by atoms with Crippen LogP contribution in [0.2, 0.25) is 0 Å². The van der Waals surface area contributed by atoms with Gasteiger partial charge in [0.25, 0.3) is 0 Å². The zero-order valence-electron chi connectivity index (χ0n) is 33.8. The van der Waals surface area contributed by atoms with Gasteiger partial charge in [0.05, 0.1) is 6.10 Å². The highest BCUT2D eigenvalue weighted by atomic mass is 16.5. The molecule has 5 rings (SSSR count). The third-order valence-corrected chi connectivity index (χ3v) is 10.4. The van der Waals surface area contributed by atoms with Crippen molar-refractivity contribution in [3.05, 3.63) is 115 Å². The molecule has 0 spiro atoms. The SMILES string of the molecule is CC(C)Oc1c2cc(C(C)(C)C)cc1Cc1cc(C(C)(C)C)cc(c1O)Cc1cc(C(C)(C)C)cc(c1O)Cc1cc(C(C)(C)C)cc(c1O)C2. The molecule has 51 heavy (non-hydrogen) atoms. The van der Waals surface area contributed by atoms with E-state index in [1.165, 1.54) is 5.56 Å². The lowest BCUT2D eigenvalue weighted by Gasteiger charge is -2.28. The van der Waals surface area contributed by atoms with Crippen molar-refractivity contribution >= 4 is 0 Å². The number of ether oxygens (including phenoxy) is 1. The zero-order chi connectivity index (χ0) is 38.0. The van der Waals surface area contributed by atoms with Crippen LogP contribution in [0.4, 0.5) is 0 Å². The van der Waals surface area contributed by atoms with E-state index < -0.39 is 0 Å². The molecular formula is C47H62O4. The van der Waals surface area contributed by atoms with Crippen molar-refractivity contribution in [2.24, 2.45) is 0 Å². The van der Waals surface area contributed by atoms with Gasteiger partial charge >= 0.3 is 0 Å². The average molecular weight is 691 g/mol. The molecule has 4 aromatic rings. The lowest BCUT2D eigenvalue weighted by Crippen LogP contribution is -2.17. The van der Waals surface area contributed by atoms with Gasteiger partial charge in [0.15, 0.2) is 0 Å². The summed E-state index contributed by atoms with van der Waals surface area (Å²) in [6.45, 7) is 30.5. The monoisotopic (exact) mass is 690 g/mol. The fourth-order valence-electron chi connectivity index (χ4n) is 7.05. The predicted octanol–water partition coefficient (Wildman–Crippen LogP) is 11.5. The molecule has 1 aliphatic carbocycles. The smallest absolute Gasteiger partial charge is 0.126 e. The number of phenolic OH excluding ortho intramolecular Hbond substituents is 3. The molecule has 274 valence electrons. The number of rotatable bonds is 2. The van der Waals surface area contributed by atoms with Crippen molar-refractivity contribution < 1.29 is 20.1 Å². The minimum Gasteiger partial charge on any atom is -0.507 e. The van der Waals surface area contributed by atoms with Gasteiger partial charge in [0.1, 0.15) is 23.0 Å². The maximum absolute atomic E-state index is 12.1. The van der Waals surface area contributed by atoms with Crippen molar-refractivity contribution in [2.75, 3.05) is 0 Å². The highest BCUT2D eigenvalue weighted by Crippen LogP contribution is 2.43. The van der Waals surface area contributed by atoms with Crippen LogP contribution >= 0.6 is 0 Å². The average Bonchev–Trinajstić information content (AvgIpc) is 2.97. The van der Waals surface area contributed by atoms with E-state index in [9.17, 15) is 15.3 Å². The van der Waals surface area contributed by atoms with Crippen LogP contribution in [0.25, 0.3) is 0 Å². The Bertz CT molecular complexity index is 1830. The van der Waals surface area contributed by atoms with Gasteiger partial charge in [-0.2, -0.15) is 0 Å². The molecule has 0 aliphatic heterocycles. The summed E-state index contributed by atoms with van der Waals surface area (Å²) < 4.78 is 6.71. The van der Waals surface area contributed by atoms with Crippen LogP contribution in [0.15, 0.2) is 48.5 Å². The number of hydrogen-bond donors (Lipinski definition) is 3. The Balaban J connectivity index is 1.93. The second-order valence-electron chi connectivity index (χ2n) is 19.4. The summed E-state index contributed by atoms with van der Waals surface area (Å²) in [5.41, 5.74) is 10.7. The fourth-order valence-corrected chi connectivity index (χ4v) is 7.05. The summed E-state index contributed by atoms with van der Waals surface area (Å²) in [6, 6.07) is 17.2. The number of benzene rings is 4. The number of aromatic hydroxyl groups is 3. The molecule has 3 N–H and O–H groups in total. The highest BCUT2D eigenvalue weighted by molar-refractivity contribution is 5.59. The Labute approximate surface area is 307 Å². The molecule has 0 amide bonds. The molecule has 1 aliphatic rings. The molecule has 4 nitrogen and oxygen atoms in total. The second-order valence-corrected chi connectivity index (χ2v) is 19.4. The Hall–Kier alpha value is -3.92. The van der Waals surface area contributed by atoms with E-state index >= 15 is 0 Å². The summed E-state index contributed by atoms with van der Waals surface area (Å²) in [5, 5.41) is 36.3. The number of phenols is 3. The number of fused-ring (bicyclic) bond motifs is 8. The quantitative estimate of drug-likeness (QED) is 0.172. The second kappa shape index (κ2) is 13.2. The summed E-state index contributed by atoms with van der Waals surface area (Å²) >= 11 is 0. The first-order valence-electron chi connectivity index (χ1n) is 18.7. The third-order valence-electron chi connectivity index (χ3n) is 10.4. The van der Waals surface area contributed by atoms with Crippen molar-refractivity contribution in [3.8, 4) is 23.0 Å². The standard InChI is InChI=1S/C47H62O4/c1-27(2)51-43-34-17-32-23-37(45(6,7)8)21-30(41(32)49)15-28-19-36(44(3,4)5)20-29(40(28)48)16-31-22-38(46(9,10)11)24-33(42(31)50)18-35(43)26-39(25-34)47(12,13)14/h19-27,48-50H,15-18H2,1-14H3. The van der Waals surface area contributed by atoms with Gasteiger partial charge in [-0.05, 0) is 102 Å². The summed E-state index contributed by atoms with van der Waals surface area (Å²) in [5.74, 6) is 1.54. The minimum absolute atomic E-state index is 0.0752. The molecule has 0 aromatic heterocycles. The van der Waals surface area contributed by atoms with Gasteiger partial charge in [-0.25, -0.2) is 0 Å². The maximum atomic E-state index is 12.1. The molecule has 0 fully saturated rings. The summed E-state index contributed by atoms with van der Waals surface area (Å²) in [6.07, 6.45) is 1.61. The lowest BCUT2D eigenvalue weighted by atomic mass is 9.79. The maximum Gasteiger partial charge on any atom is 0.126 e. The first kappa shape index (κ1) is 38.3. The topological polar surface area (TPSA) is 69.9 Å². The first-order chi connectivity index (χ1) is 23.3. The van der Waals surface area contributed by atoms with Gasteiger partial charge < -0.3 is 20.1 Å². The highest BCUT2D eigenvalue weighted by Gasteiger charge is 2.28. The Morgan fingerprint density at radius 2 is 0.588 bits per heavy atom. The van der Waals surface area contributed by atoms with Crippen molar-refractivity contribution in [2.45, 2.75) is 150 Å². The van der Waals surface area contributed by atoms with E-state index in [0.29, 0.717) is 25.7 Å². The van der Waals surface area contributed by atoms with Gasteiger partial charge in [0, 0.05) is 25.7 Å². The van der Waals surface area contributed by atoms with E-state index in [0.717, 1.165) is 66.9 Å². The van der Waals surface area contributed by atoms with Crippen LogP contribution in [0.1, 0.15) is 164 Å². The number of hydrogen-bond acceptors (Lipinski definition) is 4. The van der Waals surface area contributed by atoms with Crippen molar-refractivity contribution in [3.63, 3.8) is 0 Å². The van der Waals surface area contributed by atoms with E-state index in [1.54, 1.807) is 0 Å². The van der Waals surface area contributed by atoms with E-state index in [2.05, 4.69) is 145 Å². The van der Waals surface area contributed by atoms with Gasteiger partial charge in [-0.15, -0.1) is 0 Å². The van der Waals surface area contributed by atoms with Crippen LogP contribution in [0.5, 0.6) is 23.0 Å². The Kier molecular flexibility index (Phi) is 9.95. The molecule has 0 saturated heterocycles. The van der Waals surface area contributed by atoms with Crippen LogP contribution in [-0.4, -0.2) is 21.4 Å². The van der Waals surface area contributed by atoms with Crippen molar-refractivity contribution in [1.82, 2.24) is 0 Å². The van der Waals surface area contributed by atoms with Crippen LogP contribution in [0.3, 0.4) is 0 Å². The van der Waals surface area contributed by atoms with Gasteiger partial charge in [-0.3, -0.25) is 0 Å². The molecule has 0 radical (unpaired) electrons. The normalized spacial score (nSPS) is 14.2. The molecule has 0 unspecified atom stereocenters. The summed E-state index contributed by atoms with van der Waals surface area (Å²) in [4.78, 5) is 0. The van der Waals surface area contributed by atoms with Crippen molar-refractivity contribution in [1.29, 1.82) is 0 Å². The zero-order valence-corrected chi connectivity index (χ0v) is 33.8. The van der Waals surface area contributed by atoms with E-state index in [4.69, 9.17) is 4.74 Å². The first-order valence-corrected chi connectivity index (χ1v) is 18.7. The fraction of sp³-hybridized carbons (Fsp3) is 0.489. The minimum atomic E-state index is -0.181. The van der Waals surface area contributed by atoms with Gasteiger partial charge in [0.2, 0.25) is 0 Å².